The van der Waals surface area contributed by atoms with Gasteiger partial charge in [-0.25, -0.2) is 4.99 Å². The molecule has 0 radical (unpaired) electrons. The summed E-state index contributed by atoms with van der Waals surface area (Å²) in [7, 11) is 1.67. The van der Waals surface area contributed by atoms with Gasteiger partial charge in [-0.3, -0.25) is 14.5 Å². The summed E-state index contributed by atoms with van der Waals surface area (Å²) < 4.78 is 0.791. The van der Waals surface area contributed by atoms with Crippen LogP contribution in [0.3, 0.4) is 0 Å². The number of aliphatic imine (C=N–C) groups is 1. The van der Waals surface area contributed by atoms with E-state index in [1.54, 1.807) is 19.2 Å². The average Bonchev–Trinajstić information content (AvgIpc) is 2.89. The Kier molecular flexibility index (Phi) is 6.24. The predicted octanol–water partition coefficient (Wildman–Crippen LogP) is 5.00. The summed E-state index contributed by atoms with van der Waals surface area (Å²) in [6, 6.07) is 12.8. The second-order valence-corrected chi connectivity index (χ2v) is 8.45. The Morgan fingerprint density at radius 2 is 2.04 bits per heavy atom. The van der Waals surface area contributed by atoms with Crippen LogP contribution in [-0.4, -0.2) is 34.2 Å². The highest BCUT2D eigenvalue weighted by Gasteiger charge is 2.37. The van der Waals surface area contributed by atoms with E-state index in [1.165, 1.54) is 16.7 Å². The molecule has 1 fully saturated rings. The molecule has 1 N–H and O–H groups in total. The van der Waals surface area contributed by atoms with Gasteiger partial charge in [-0.1, -0.05) is 41.6 Å². The summed E-state index contributed by atoms with van der Waals surface area (Å²) in [5.41, 5.74) is 2.24. The molecule has 27 heavy (non-hydrogen) atoms. The summed E-state index contributed by atoms with van der Waals surface area (Å²) in [6.45, 7) is 1.88. The number of amides is 2. The second-order valence-electron chi connectivity index (χ2n) is 6.01. The molecule has 8 heteroatoms. The van der Waals surface area contributed by atoms with Crippen LogP contribution in [0.15, 0.2) is 51.9 Å². The van der Waals surface area contributed by atoms with E-state index in [4.69, 9.17) is 11.6 Å². The Morgan fingerprint density at radius 1 is 1.30 bits per heavy atom. The number of carbonyl (C=O) groups is 2. The largest absolute Gasteiger partial charge is 0.325 e. The van der Waals surface area contributed by atoms with E-state index < -0.39 is 5.25 Å². The molecule has 0 spiro atoms. The van der Waals surface area contributed by atoms with Gasteiger partial charge in [0.2, 0.25) is 11.8 Å². The van der Waals surface area contributed by atoms with Gasteiger partial charge >= 0.3 is 0 Å². The molecule has 1 aliphatic heterocycles. The fourth-order valence-electron chi connectivity index (χ4n) is 2.55. The third-order valence-corrected chi connectivity index (χ3v) is 6.44. The number of rotatable bonds is 4. The molecule has 0 bridgehead atoms. The molecular weight excluding hydrogens is 450 g/mol. The van der Waals surface area contributed by atoms with Crippen molar-refractivity contribution in [2.24, 2.45) is 4.99 Å². The van der Waals surface area contributed by atoms with E-state index in [2.05, 4.69) is 26.2 Å². The minimum atomic E-state index is -0.504. The highest BCUT2D eigenvalue weighted by molar-refractivity contribution is 9.10. The van der Waals surface area contributed by atoms with Gasteiger partial charge in [0.1, 0.15) is 5.25 Å². The van der Waals surface area contributed by atoms with Gasteiger partial charge in [-0.2, -0.15) is 0 Å². The fourth-order valence-corrected chi connectivity index (χ4v) is 4.25. The molecule has 2 aromatic rings. The van der Waals surface area contributed by atoms with Crippen molar-refractivity contribution in [2.45, 2.75) is 18.6 Å². The molecule has 1 saturated heterocycles. The van der Waals surface area contributed by atoms with Crippen LogP contribution in [0.2, 0.25) is 5.02 Å². The summed E-state index contributed by atoms with van der Waals surface area (Å²) in [6.07, 6.45) is 0.0721. The summed E-state index contributed by atoms with van der Waals surface area (Å²) in [4.78, 5) is 30.9. The van der Waals surface area contributed by atoms with Crippen molar-refractivity contribution in [1.29, 1.82) is 0 Å². The van der Waals surface area contributed by atoms with E-state index in [-0.39, 0.29) is 18.2 Å². The molecule has 0 aliphatic carbocycles. The summed E-state index contributed by atoms with van der Waals surface area (Å²) in [5, 5.41) is 3.51. The van der Waals surface area contributed by atoms with Gasteiger partial charge in [0.25, 0.3) is 0 Å². The summed E-state index contributed by atoms with van der Waals surface area (Å²) in [5.74, 6) is -0.359. The SMILES string of the molecule is Cc1c(Cl)cccc1N=C1S[C@@H](CC(=O)Nc2ccccc2Br)C(=O)N1C. The lowest BCUT2D eigenvalue weighted by atomic mass is 10.2. The number of nitrogens with one attached hydrogen (secondary N) is 1. The highest BCUT2D eigenvalue weighted by Crippen LogP contribution is 2.33. The normalized spacial score (nSPS) is 18.2. The Morgan fingerprint density at radius 3 is 2.78 bits per heavy atom. The maximum absolute atomic E-state index is 12.5. The van der Waals surface area contributed by atoms with E-state index in [9.17, 15) is 9.59 Å². The first-order chi connectivity index (χ1) is 12.9. The fraction of sp³-hybridized carbons (Fsp3) is 0.211. The van der Waals surface area contributed by atoms with E-state index in [1.807, 2.05) is 37.3 Å². The molecule has 140 valence electrons. The first kappa shape index (κ1) is 19.9. The van der Waals surface area contributed by atoms with Crippen molar-refractivity contribution in [2.75, 3.05) is 12.4 Å². The lowest BCUT2D eigenvalue weighted by Gasteiger charge is -2.10. The molecule has 2 aromatic carbocycles. The first-order valence-corrected chi connectivity index (χ1v) is 10.2. The van der Waals surface area contributed by atoms with Gasteiger partial charge in [0, 0.05) is 23.0 Å². The minimum absolute atomic E-state index is 0.0721. The standard InChI is InChI=1S/C19H17BrClN3O2S/c1-11-13(21)7-5-9-14(11)23-19-24(2)18(26)16(27-19)10-17(25)22-15-8-4-3-6-12(15)20/h3-9,16H,10H2,1-2H3,(H,22,25)/t16-/m0/s1. The van der Waals surface area contributed by atoms with Crippen molar-refractivity contribution in [1.82, 2.24) is 4.90 Å². The number of para-hydroxylation sites is 1. The van der Waals surface area contributed by atoms with E-state index >= 15 is 0 Å². The Bertz CT molecular complexity index is 935. The molecule has 2 amide bonds. The minimum Gasteiger partial charge on any atom is -0.325 e. The van der Waals surface area contributed by atoms with E-state index in [0.29, 0.717) is 21.6 Å². The number of benzene rings is 2. The van der Waals surface area contributed by atoms with Crippen LogP contribution < -0.4 is 5.32 Å². The number of hydrogen-bond donors (Lipinski definition) is 1. The number of carbonyl (C=O) groups excluding carboxylic acids is 2. The molecule has 0 saturated carbocycles. The second kappa shape index (κ2) is 8.46. The van der Waals surface area contributed by atoms with Crippen LogP contribution in [0.25, 0.3) is 0 Å². The lowest BCUT2D eigenvalue weighted by molar-refractivity contribution is -0.127. The topological polar surface area (TPSA) is 61.8 Å². The molecule has 5 nitrogen and oxygen atoms in total. The number of nitrogens with zero attached hydrogens (tertiary/aromatic N) is 2. The van der Waals surface area contributed by atoms with Crippen molar-refractivity contribution in [3.05, 3.63) is 57.5 Å². The zero-order chi connectivity index (χ0) is 19.6. The predicted molar refractivity (Wildman–Crippen MR) is 115 cm³/mol. The van der Waals surface area contributed by atoms with Crippen LogP contribution in [0, 0.1) is 6.92 Å². The number of thioether (sulfide) groups is 1. The third-order valence-electron chi connectivity index (χ3n) is 4.11. The van der Waals surface area contributed by atoms with Crippen LogP contribution >= 0.6 is 39.3 Å². The van der Waals surface area contributed by atoms with Crippen molar-refractivity contribution in [3.63, 3.8) is 0 Å². The third kappa shape index (κ3) is 4.54. The van der Waals surface area contributed by atoms with E-state index in [0.717, 1.165) is 10.0 Å². The average molecular weight is 467 g/mol. The maximum Gasteiger partial charge on any atom is 0.242 e. The van der Waals surface area contributed by atoms with Gasteiger partial charge < -0.3 is 5.32 Å². The zero-order valence-corrected chi connectivity index (χ0v) is 17.9. The Labute approximate surface area is 175 Å². The zero-order valence-electron chi connectivity index (χ0n) is 14.7. The quantitative estimate of drug-likeness (QED) is 0.689. The molecule has 1 atom stereocenters. The van der Waals surface area contributed by atoms with Crippen LogP contribution in [0.5, 0.6) is 0 Å². The maximum atomic E-state index is 12.5. The van der Waals surface area contributed by atoms with Gasteiger partial charge in [-0.05, 0) is 52.7 Å². The molecule has 0 unspecified atom stereocenters. The van der Waals surface area contributed by atoms with Gasteiger partial charge in [0.15, 0.2) is 5.17 Å². The molecule has 0 aromatic heterocycles. The Balaban J connectivity index is 1.72. The molecule has 3 rings (SSSR count). The lowest BCUT2D eigenvalue weighted by Crippen LogP contribution is -2.30. The number of halogens is 2. The number of hydrogen-bond acceptors (Lipinski definition) is 4. The first-order valence-electron chi connectivity index (χ1n) is 8.19. The number of anilines is 1. The van der Waals surface area contributed by atoms with Gasteiger partial charge in [0.05, 0.1) is 11.4 Å². The van der Waals surface area contributed by atoms with Crippen LogP contribution in [-0.2, 0) is 9.59 Å². The van der Waals surface area contributed by atoms with Crippen molar-refractivity contribution >= 4 is 67.6 Å². The van der Waals surface area contributed by atoms with Gasteiger partial charge in [-0.15, -0.1) is 0 Å². The molecule has 1 heterocycles. The van der Waals surface area contributed by atoms with Crippen molar-refractivity contribution < 1.29 is 9.59 Å². The van der Waals surface area contributed by atoms with Crippen LogP contribution in [0.4, 0.5) is 11.4 Å². The Hall–Kier alpha value is -1.83. The monoisotopic (exact) mass is 465 g/mol. The number of amidine groups is 1. The molecule has 1 aliphatic rings. The smallest absolute Gasteiger partial charge is 0.242 e. The summed E-state index contributed by atoms with van der Waals surface area (Å²) >= 11 is 10.8. The highest BCUT2D eigenvalue weighted by atomic mass is 79.9. The molecular formula is C19H17BrClN3O2S. The van der Waals surface area contributed by atoms with Crippen LogP contribution in [0.1, 0.15) is 12.0 Å². The van der Waals surface area contributed by atoms with Crippen molar-refractivity contribution in [3.8, 4) is 0 Å².